The Morgan fingerprint density at radius 3 is 1.00 bits per heavy atom. The van der Waals surface area contributed by atoms with Gasteiger partial charge in [-0.05, 0) is 0 Å². The Kier molecular flexibility index (Phi) is 17.4. The van der Waals surface area contributed by atoms with Crippen molar-refractivity contribution in [1.82, 2.24) is 0 Å². The maximum absolute atomic E-state index is 4.44. The van der Waals surface area contributed by atoms with E-state index in [-0.39, 0.29) is 0 Å². The molecule has 0 aliphatic carbocycles. The van der Waals surface area contributed by atoms with Crippen LogP contribution < -0.4 is 0 Å². The summed E-state index contributed by atoms with van der Waals surface area (Å²) in [6, 6.07) is 0. The topological polar surface area (TPSA) is 0 Å². The number of hydrogen-bond acceptors (Lipinski definition) is 0. The number of halogens is 1. The van der Waals surface area contributed by atoms with E-state index in [0.29, 0.717) is 0 Å². The Morgan fingerprint density at radius 2 is 0.692 bits per heavy atom. The van der Waals surface area contributed by atoms with Crippen molar-refractivity contribution >= 4 is 20.8 Å². The predicted molar refractivity (Wildman–Crippen MR) is 132 cm³/mol. The molecule has 0 heterocycles. The minimum absolute atomic E-state index is 1.36. The van der Waals surface area contributed by atoms with E-state index in [0.717, 1.165) is 0 Å². The normalized spacial score (nSPS) is 13.7. The van der Waals surface area contributed by atoms with Gasteiger partial charge in [0.15, 0.2) is 0 Å². The molecule has 0 aliphatic heterocycles. The van der Waals surface area contributed by atoms with Gasteiger partial charge in [0.25, 0.3) is 0 Å². The van der Waals surface area contributed by atoms with E-state index in [2.05, 4.69) is 43.2 Å². The van der Waals surface area contributed by atoms with Gasteiger partial charge in [-0.2, -0.15) is 0 Å². The van der Waals surface area contributed by atoms with Crippen LogP contribution in [0.4, 0.5) is 0 Å². The molecule has 0 rings (SSSR count). The van der Waals surface area contributed by atoms with Crippen molar-refractivity contribution in [3.8, 4) is 0 Å². The monoisotopic (exact) mass is 450 g/mol. The van der Waals surface area contributed by atoms with Crippen LogP contribution in [-0.2, 0) is 0 Å². The Balaban J connectivity index is 3.76. The van der Waals surface area contributed by atoms with Crippen LogP contribution in [0.2, 0.25) is 0 Å². The van der Waals surface area contributed by atoms with Gasteiger partial charge in [-0.25, -0.2) is 0 Å². The number of unbranched alkanes of at least 4 members (excludes halogenated alkanes) is 12. The van der Waals surface area contributed by atoms with Crippen molar-refractivity contribution in [2.45, 2.75) is 130 Å². The standard InChI is InChI=1S/C24H52BrP/c1-5-9-10-11-12-13-14-15-16-17-18-19-20-24-26(25,21-6-2,22-7-3)23-8-4/h5-24H2,1-4H3. The third-order valence-electron chi connectivity index (χ3n) is 6.17. The average Bonchev–Trinajstić information content (AvgIpc) is 2.60. The van der Waals surface area contributed by atoms with Crippen LogP contribution in [0.5, 0.6) is 0 Å². The van der Waals surface area contributed by atoms with Crippen LogP contribution in [-0.4, -0.2) is 24.6 Å². The van der Waals surface area contributed by atoms with Crippen molar-refractivity contribution in [3.63, 3.8) is 0 Å². The minimum atomic E-state index is -1.56. The average molecular weight is 452 g/mol. The zero-order valence-electron chi connectivity index (χ0n) is 19.0. The second-order valence-corrected chi connectivity index (χ2v) is 20.4. The molecule has 0 aromatic rings. The Hall–Kier alpha value is 0.910. The first-order valence-electron chi connectivity index (χ1n) is 12.3. The summed E-state index contributed by atoms with van der Waals surface area (Å²) in [5.74, 6) is 0. The summed E-state index contributed by atoms with van der Waals surface area (Å²) in [5.41, 5.74) is 0. The van der Waals surface area contributed by atoms with Gasteiger partial charge in [-0.3, -0.25) is 0 Å². The predicted octanol–water partition coefficient (Wildman–Crippen LogP) is 10.2. The molecular weight excluding hydrogens is 399 g/mol. The van der Waals surface area contributed by atoms with Crippen LogP contribution >= 0.6 is 20.8 Å². The van der Waals surface area contributed by atoms with Gasteiger partial charge in [-0.1, -0.05) is 19.8 Å². The molecule has 0 nitrogen and oxygen atoms in total. The summed E-state index contributed by atoms with van der Waals surface area (Å²) < 4.78 is 0. The van der Waals surface area contributed by atoms with Crippen LogP contribution in [0.15, 0.2) is 0 Å². The molecule has 0 saturated carbocycles. The van der Waals surface area contributed by atoms with Crippen LogP contribution in [0, 0.1) is 0 Å². The van der Waals surface area contributed by atoms with Gasteiger partial charge in [0.1, 0.15) is 0 Å². The molecule has 0 atom stereocenters. The first kappa shape index (κ1) is 26.9. The Labute approximate surface area is 175 Å². The van der Waals surface area contributed by atoms with E-state index >= 15 is 0 Å². The van der Waals surface area contributed by atoms with Crippen LogP contribution in [0.1, 0.15) is 130 Å². The van der Waals surface area contributed by atoms with Gasteiger partial charge in [-0.15, -0.1) is 0 Å². The summed E-state index contributed by atoms with van der Waals surface area (Å²) >= 11 is 4.44. The molecule has 0 unspecified atom stereocenters. The van der Waals surface area contributed by atoms with Crippen molar-refractivity contribution in [2.75, 3.05) is 24.6 Å². The van der Waals surface area contributed by atoms with Gasteiger partial charge in [0, 0.05) is 0 Å². The molecule has 0 saturated heterocycles. The zero-order chi connectivity index (χ0) is 19.6. The second-order valence-electron chi connectivity index (χ2n) is 8.96. The van der Waals surface area contributed by atoms with E-state index < -0.39 is 5.31 Å². The van der Waals surface area contributed by atoms with E-state index in [9.17, 15) is 0 Å². The number of rotatable bonds is 20. The molecule has 0 aromatic carbocycles. The van der Waals surface area contributed by atoms with Crippen molar-refractivity contribution in [3.05, 3.63) is 0 Å². The fourth-order valence-corrected chi connectivity index (χ4v) is 14.5. The van der Waals surface area contributed by atoms with E-state index in [1.165, 1.54) is 127 Å². The quantitative estimate of drug-likeness (QED) is 0.128. The molecule has 0 radical (unpaired) electrons. The molecule has 0 aromatic heterocycles. The van der Waals surface area contributed by atoms with E-state index in [4.69, 9.17) is 0 Å². The molecule has 0 aliphatic rings. The summed E-state index contributed by atoms with van der Waals surface area (Å²) in [6.45, 7) is 9.46. The molecule has 160 valence electrons. The van der Waals surface area contributed by atoms with Gasteiger partial charge < -0.3 is 0 Å². The SMILES string of the molecule is CCCCCCCCCCCCCCCP(Br)(CCC)(CCC)CCC. The molecule has 0 fully saturated rings. The molecule has 26 heavy (non-hydrogen) atoms. The number of hydrogen-bond donors (Lipinski definition) is 0. The van der Waals surface area contributed by atoms with Gasteiger partial charge >= 0.3 is 156 Å². The summed E-state index contributed by atoms with van der Waals surface area (Å²) in [7, 11) is 0. The van der Waals surface area contributed by atoms with Gasteiger partial charge in [0.2, 0.25) is 0 Å². The van der Waals surface area contributed by atoms with Crippen LogP contribution in [0.3, 0.4) is 0 Å². The summed E-state index contributed by atoms with van der Waals surface area (Å²) in [6.07, 6.45) is 29.1. The summed E-state index contributed by atoms with van der Waals surface area (Å²) in [4.78, 5) is 0. The van der Waals surface area contributed by atoms with E-state index in [1.54, 1.807) is 0 Å². The van der Waals surface area contributed by atoms with Gasteiger partial charge in [0.05, 0.1) is 0 Å². The first-order chi connectivity index (χ1) is 12.5. The zero-order valence-corrected chi connectivity index (χ0v) is 21.4. The van der Waals surface area contributed by atoms with Crippen molar-refractivity contribution in [1.29, 1.82) is 0 Å². The molecule has 0 amide bonds. The first-order valence-corrected chi connectivity index (χ1v) is 17.3. The fourth-order valence-electron chi connectivity index (χ4n) is 4.87. The molecule has 2 heteroatoms. The Bertz CT molecular complexity index is 283. The third kappa shape index (κ3) is 13.1. The molecular formula is C24H52BrP. The molecule has 0 bridgehead atoms. The Morgan fingerprint density at radius 1 is 0.385 bits per heavy atom. The van der Waals surface area contributed by atoms with E-state index in [1.807, 2.05) is 0 Å². The maximum atomic E-state index is 4.44. The molecule has 0 spiro atoms. The second kappa shape index (κ2) is 16.8. The molecule has 0 N–H and O–H groups in total. The van der Waals surface area contributed by atoms with Crippen LogP contribution in [0.25, 0.3) is 0 Å². The fraction of sp³-hybridized carbons (Fsp3) is 1.00. The third-order valence-corrected chi connectivity index (χ3v) is 16.6. The van der Waals surface area contributed by atoms with Crippen molar-refractivity contribution < 1.29 is 0 Å². The van der Waals surface area contributed by atoms with Crippen molar-refractivity contribution in [2.24, 2.45) is 0 Å². The summed E-state index contributed by atoms with van der Waals surface area (Å²) in [5, 5.41) is -1.56.